The van der Waals surface area contributed by atoms with Gasteiger partial charge >= 0.3 is 5.97 Å². The molecule has 0 spiro atoms. The van der Waals surface area contributed by atoms with Gasteiger partial charge in [0, 0.05) is 25.6 Å². The number of carbonyl (C=O) groups is 1. The van der Waals surface area contributed by atoms with Gasteiger partial charge in [-0.2, -0.15) is 4.31 Å². The number of carboxylic acid groups (broad SMARTS) is 1. The number of hydrogen-bond donors (Lipinski definition) is 1. The second-order valence-electron chi connectivity index (χ2n) is 5.87. The fourth-order valence-electron chi connectivity index (χ4n) is 2.77. The summed E-state index contributed by atoms with van der Waals surface area (Å²) in [7, 11) is -2.49. The van der Waals surface area contributed by atoms with Crippen LogP contribution < -0.4 is 4.74 Å². The number of carboxylic acids is 1. The van der Waals surface area contributed by atoms with E-state index in [1.54, 1.807) is 0 Å². The van der Waals surface area contributed by atoms with Crippen molar-refractivity contribution in [3.8, 4) is 5.75 Å². The molecule has 26 heavy (non-hydrogen) atoms. The molecule has 0 aromatic heterocycles. The highest BCUT2D eigenvalue weighted by molar-refractivity contribution is 7.89. The van der Waals surface area contributed by atoms with Crippen molar-refractivity contribution in [2.45, 2.75) is 24.0 Å². The van der Waals surface area contributed by atoms with Gasteiger partial charge in [-0.15, -0.1) is 0 Å². The van der Waals surface area contributed by atoms with E-state index in [1.165, 1.54) is 17.4 Å². The fourth-order valence-corrected chi connectivity index (χ4v) is 4.65. The number of hydrogen-bond acceptors (Lipinski definition) is 4. The van der Waals surface area contributed by atoms with Gasteiger partial charge in [0.2, 0.25) is 10.0 Å². The van der Waals surface area contributed by atoms with E-state index in [2.05, 4.69) is 0 Å². The number of nitrogens with zero attached hydrogens (tertiary/aromatic N) is 1. The second kappa shape index (κ2) is 7.08. The summed E-state index contributed by atoms with van der Waals surface area (Å²) >= 11 is 12.1. The zero-order valence-corrected chi connectivity index (χ0v) is 16.0. The van der Waals surface area contributed by atoms with Crippen molar-refractivity contribution in [1.82, 2.24) is 4.31 Å². The lowest BCUT2D eigenvalue weighted by Gasteiger charge is -2.19. The Morgan fingerprint density at radius 1 is 1.31 bits per heavy atom. The Hall–Kier alpha value is -1.80. The Labute approximate surface area is 161 Å². The van der Waals surface area contributed by atoms with Crippen LogP contribution in [0.5, 0.6) is 5.75 Å². The topological polar surface area (TPSA) is 83.9 Å². The molecule has 1 atom stereocenters. The molecule has 1 unspecified atom stereocenters. The van der Waals surface area contributed by atoms with E-state index in [0.29, 0.717) is 0 Å². The van der Waals surface area contributed by atoms with E-state index in [-0.39, 0.29) is 39.2 Å². The van der Waals surface area contributed by atoms with Crippen molar-refractivity contribution >= 4 is 39.2 Å². The third kappa shape index (κ3) is 3.40. The number of fused-ring (bicyclic) bond motifs is 1. The normalized spacial score (nSPS) is 16.4. The number of sulfonamides is 1. The number of rotatable bonds is 5. The van der Waals surface area contributed by atoms with E-state index in [9.17, 15) is 18.3 Å². The van der Waals surface area contributed by atoms with Crippen molar-refractivity contribution in [2.24, 2.45) is 0 Å². The molecule has 1 N–H and O–H groups in total. The molecule has 1 heterocycles. The minimum Gasteiger partial charge on any atom is -0.478 e. The number of aliphatic carboxylic acids is 1. The molecule has 9 heteroatoms. The first kappa shape index (κ1) is 19.0. The molecule has 0 radical (unpaired) electrons. The largest absolute Gasteiger partial charge is 0.478 e. The van der Waals surface area contributed by atoms with Crippen LogP contribution in [-0.2, 0) is 27.8 Å². The monoisotopic (exact) mass is 415 g/mol. The Balaban J connectivity index is 2.02. The SMILES string of the molecule is CN(Cc1ccccc1)S(=O)(=O)c1cc(Cl)c(Cl)c2c1CC(C(=O)O)O2. The maximum absolute atomic E-state index is 13.1. The van der Waals surface area contributed by atoms with Gasteiger partial charge in [0.05, 0.1) is 9.92 Å². The molecule has 0 bridgehead atoms. The minimum atomic E-state index is -3.93. The van der Waals surface area contributed by atoms with Crippen LogP contribution in [0.3, 0.4) is 0 Å². The fraction of sp³-hybridized carbons (Fsp3) is 0.235. The molecule has 138 valence electrons. The summed E-state index contributed by atoms with van der Waals surface area (Å²) in [5, 5.41) is 9.18. The van der Waals surface area contributed by atoms with E-state index in [0.717, 1.165) is 5.56 Å². The van der Waals surface area contributed by atoms with Gasteiger partial charge in [0.1, 0.15) is 10.8 Å². The van der Waals surface area contributed by atoms with Gasteiger partial charge in [0.15, 0.2) is 6.10 Å². The zero-order chi connectivity index (χ0) is 19.1. The van der Waals surface area contributed by atoms with Gasteiger partial charge in [-0.3, -0.25) is 0 Å². The summed E-state index contributed by atoms with van der Waals surface area (Å²) in [6, 6.07) is 10.3. The van der Waals surface area contributed by atoms with Crippen LogP contribution in [-0.4, -0.2) is 37.0 Å². The van der Waals surface area contributed by atoms with E-state index in [4.69, 9.17) is 27.9 Å². The second-order valence-corrected chi connectivity index (χ2v) is 8.67. The summed E-state index contributed by atoms with van der Waals surface area (Å²) in [5.41, 5.74) is 1.04. The van der Waals surface area contributed by atoms with Gasteiger partial charge in [0.25, 0.3) is 0 Å². The van der Waals surface area contributed by atoms with Crippen molar-refractivity contribution in [2.75, 3.05) is 7.05 Å². The lowest BCUT2D eigenvalue weighted by molar-refractivity contribution is -0.144. The molecule has 0 saturated heterocycles. The Morgan fingerprint density at radius 3 is 2.58 bits per heavy atom. The van der Waals surface area contributed by atoms with Crippen LogP contribution in [0.4, 0.5) is 0 Å². The van der Waals surface area contributed by atoms with Crippen LogP contribution in [0.15, 0.2) is 41.3 Å². The highest BCUT2D eigenvalue weighted by Crippen LogP contribution is 2.44. The Morgan fingerprint density at radius 2 is 1.96 bits per heavy atom. The quantitative estimate of drug-likeness (QED) is 0.810. The van der Waals surface area contributed by atoms with Gasteiger partial charge in [-0.05, 0) is 11.6 Å². The van der Waals surface area contributed by atoms with Crippen molar-refractivity contribution in [3.05, 3.63) is 57.6 Å². The van der Waals surface area contributed by atoms with E-state index < -0.39 is 22.1 Å². The van der Waals surface area contributed by atoms with Crippen LogP contribution in [0.25, 0.3) is 0 Å². The van der Waals surface area contributed by atoms with Crippen molar-refractivity contribution in [1.29, 1.82) is 0 Å². The van der Waals surface area contributed by atoms with Crippen LogP contribution in [0.1, 0.15) is 11.1 Å². The molecule has 0 fully saturated rings. The average Bonchev–Trinajstić information content (AvgIpc) is 3.04. The molecule has 2 aromatic rings. The molecule has 2 aromatic carbocycles. The molecule has 0 amide bonds. The third-order valence-electron chi connectivity index (χ3n) is 4.10. The summed E-state index contributed by atoms with van der Waals surface area (Å²) < 4.78 is 32.6. The molecule has 6 nitrogen and oxygen atoms in total. The molecule has 1 aliphatic heterocycles. The molecule has 0 aliphatic carbocycles. The summed E-state index contributed by atoms with van der Waals surface area (Å²) in [6.45, 7) is 0.154. The Kier molecular flexibility index (Phi) is 5.16. The Bertz CT molecular complexity index is 963. The van der Waals surface area contributed by atoms with Gasteiger partial charge < -0.3 is 9.84 Å². The smallest absolute Gasteiger partial charge is 0.345 e. The van der Waals surface area contributed by atoms with Crippen molar-refractivity contribution in [3.63, 3.8) is 0 Å². The maximum atomic E-state index is 13.1. The first-order valence-electron chi connectivity index (χ1n) is 7.62. The van der Waals surface area contributed by atoms with E-state index in [1.807, 2.05) is 30.3 Å². The predicted octanol–water partition coefficient (Wildman–Crippen LogP) is 3.20. The zero-order valence-electron chi connectivity index (χ0n) is 13.6. The average molecular weight is 416 g/mol. The number of benzene rings is 2. The summed E-state index contributed by atoms with van der Waals surface area (Å²) in [6.07, 6.45) is -1.30. The molecule has 1 aliphatic rings. The van der Waals surface area contributed by atoms with Crippen molar-refractivity contribution < 1.29 is 23.1 Å². The standard InChI is InChI=1S/C17H15Cl2NO5S/c1-20(9-10-5-3-2-4-6-10)26(23,24)14-8-12(18)15(19)16-11(14)7-13(25-16)17(21)22/h2-6,8,13H,7,9H2,1H3,(H,21,22). The lowest BCUT2D eigenvalue weighted by Crippen LogP contribution is -2.28. The van der Waals surface area contributed by atoms with E-state index >= 15 is 0 Å². The predicted molar refractivity (Wildman–Crippen MR) is 97.3 cm³/mol. The summed E-state index contributed by atoms with van der Waals surface area (Å²) in [4.78, 5) is 11.1. The molecule has 3 rings (SSSR count). The molecule has 0 saturated carbocycles. The number of ether oxygens (including phenoxy) is 1. The maximum Gasteiger partial charge on any atom is 0.345 e. The first-order valence-corrected chi connectivity index (χ1v) is 9.82. The highest BCUT2D eigenvalue weighted by Gasteiger charge is 2.37. The highest BCUT2D eigenvalue weighted by atomic mass is 35.5. The van der Waals surface area contributed by atoms with Crippen LogP contribution >= 0.6 is 23.2 Å². The number of halogens is 2. The van der Waals surface area contributed by atoms with Gasteiger partial charge in [-0.1, -0.05) is 53.5 Å². The van der Waals surface area contributed by atoms with Crippen LogP contribution in [0, 0.1) is 0 Å². The minimum absolute atomic E-state index is 0.00933. The molecular formula is C17H15Cl2NO5S. The first-order chi connectivity index (χ1) is 12.2. The third-order valence-corrected chi connectivity index (χ3v) is 6.74. The van der Waals surface area contributed by atoms with Gasteiger partial charge in [-0.25, -0.2) is 13.2 Å². The molecular weight excluding hydrogens is 401 g/mol. The lowest BCUT2D eigenvalue weighted by atomic mass is 10.1. The summed E-state index contributed by atoms with van der Waals surface area (Å²) in [5.74, 6) is -1.19. The van der Waals surface area contributed by atoms with Crippen LogP contribution in [0.2, 0.25) is 10.0 Å².